The molecule has 1 heterocycles. The van der Waals surface area contributed by atoms with Crippen LogP contribution in [0.2, 0.25) is 0 Å². The van der Waals surface area contributed by atoms with Crippen LogP contribution in [0.25, 0.3) is 0 Å². The van der Waals surface area contributed by atoms with E-state index in [9.17, 15) is 4.79 Å². The molecule has 1 fully saturated rings. The molecule has 13 heavy (non-hydrogen) atoms. The van der Waals surface area contributed by atoms with Crippen LogP contribution in [0.1, 0.15) is 32.6 Å². The molecule has 0 aromatic carbocycles. The predicted molar refractivity (Wildman–Crippen MR) is 59.1 cm³/mol. The molecule has 4 heteroatoms. The molecule has 1 N–H and O–H groups in total. The fraction of sp³-hybridized carbons (Fsp3) is 0.889. The summed E-state index contributed by atoms with van der Waals surface area (Å²) in [6.45, 7) is 1.79. The summed E-state index contributed by atoms with van der Waals surface area (Å²) in [5, 5.41) is 9.45. The van der Waals surface area contributed by atoms with Gasteiger partial charge in [0.1, 0.15) is 0 Å². The normalized spacial score (nSPS) is 24.5. The van der Waals surface area contributed by atoms with Crippen molar-refractivity contribution in [2.24, 2.45) is 5.92 Å². The maximum absolute atomic E-state index is 10.5. The van der Waals surface area contributed by atoms with Crippen LogP contribution in [0, 0.1) is 5.92 Å². The summed E-state index contributed by atoms with van der Waals surface area (Å²) in [7, 11) is 3.92. The number of carboxylic acids is 1. The second-order valence-corrected chi connectivity index (χ2v) is 6.29. The zero-order chi connectivity index (χ0) is 9.68. The molecule has 0 aliphatic carbocycles. The summed E-state index contributed by atoms with van der Waals surface area (Å²) in [6.07, 6.45) is 4.38. The van der Waals surface area contributed by atoms with E-state index in [1.54, 1.807) is 6.92 Å². The van der Waals surface area contributed by atoms with Gasteiger partial charge >= 0.3 is 5.97 Å². The van der Waals surface area contributed by atoms with E-state index in [2.05, 4.69) is 0 Å². The Hall–Kier alpha value is 0.170. The molecule has 0 saturated carbocycles. The lowest BCUT2D eigenvalue weighted by molar-refractivity contribution is -0.141. The van der Waals surface area contributed by atoms with E-state index >= 15 is 0 Å². The molecule has 0 bridgehead atoms. The van der Waals surface area contributed by atoms with Gasteiger partial charge in [-0.2, -0.15) is 0 Å². The lowest BCUT2D eigenvalue weighted by Gasteiger charge is -2.08. The Balaban J connectivity index is 2.02. The van der Waals surface area contributed by atoms with Crippen LogP contribution in [-0.2, 0) is 4.79 Å². The van der Waals surface area contributed by atoms with Crippen molar-refractivity contribution >= 4 is 27.6 Å². The Morgan fingerprint density at radius 3 is 3.00 bits per heavy atom. The fourth-order valence-corrected chi connectivity index (χ4v) is 4.37. The summed E-state index contributed by atoms with van der Waals surface area (Å²) < 4.78 is 0. The summed E-state index contributed by atoms with van der Waals surface area (Å²) in [5.74, 6) is 0.441. The van der Waals surface area contributed by atoms with Gasteiger partial charge in [-0.15, -0.1) is 0 Å². The van der Waals surface area contributed by atoms with Gasteiger partial charge in [-0.3, -0.25) is 4.79 Å². The monoisotopic (exact) mass is 220 g/mol. The molecular formula is C9H16O2S2. The Bertz CT molecular complexity index is 167. The first-order chi connectivity index (χ1) is 6.20. The quantitative estimate of drug-likeness (QED) is 0.723. The van der Waals surface area contributed by atoms with Crippen molar-refractivity contribution in [2.45, 2.75) is 37.9 Å². The molecule has 0 amide bonds. The van der Waals surface area contributed by atoms with E-state index in [1.165, 1.54) is 18.6 Å². The van der Waals surface area contributed by atoms with Crippen molar-refractivity contribution in [1.82, 2.24) is 0 Å². The molecule has 1 aliphatic heterocycles. The average Bonchev–Trinajstić information content (AvgIpc) is 2.56. The van der Waals surface area contributed by atoms with Gasteiger partial charge in [-0.05, 0) is 19.3 Å². The van der Waals surface area contributed by atoms with E-state index in [1.807, 2.05) is 21.6 Å². The van der Waals surface area contributed by atoms with E-state index in [-0.39, 0.29) is 5.92 Å². The summed E-state index contributed by atoms with van der Waals surface area (Å²) in [4.78, 5) is 10.5. The summed E-state index contributed by atoms with van der Waals surface area (Å²) >= 11 is 0. The Kier molecular flexibility index (Phi) is 5.02. The molecule has 2 nitrogen and oxygen atoms in total. The number of aliphatic carboxylic acids is 1. The van der Waals surface area contributed by atoms with Gasteiger partial charge in [0, 0.05) is 11.0 Å². The number of hydrogen-bond acceptors (Lipinski definition) is 3. The van der Waals surface area contributed by atoms with Gasteiger partial charge in [0.15, 0.2) is 0 Å². The topological polar surface area (TPSA) is 37.3 Å². The van der Waals surface area contributed by atoms with Crippen molar-refractivity contribution in [1.29, 1.82) is 0 Å². The highest BCUT2D eigenvalue weighted by Gasteiger charge is 2.17. The molecule has 1 rings (SSSR count). The molecule has 0 spiro atoms. The van der Waals surface area contributed by atoms with Crippen LogP contribution in [0.15, 0.2) is 0 Å². The van der Waals surface area contributed by atoms with Gasteiger partial charge in [0.2, 0.25) is 0 Å². The summed E-state index contributed by atoms with van der Waals surface area (Å²) in [6, 6.07) is 0. The minimum absolute atomic E-state index is 0.168. The van der Waals surface area contributed by atoms with Crippen molar-refractivity contribution in [3.63, 3.8) is 0 Å². The number of carboxylic acid groups (broad SMARTS) is 1. The lowest BCUT2D eigenvalue weighted by atomic mass is 10.0. The molecule has 76 valence electrons. The van der Waals surface area contributed by atoms with E-state index in [0.29, 0.717) is 0 Å². The van der Waals surface area contributed by atoms with Crippen LogP contribution >= 0.6 is 21.6 Å². The maximum Gasteiger partial charge on any atom is 0.306 e. The van der Waals surface area contributed by atoms with Crippen molar-refractivity contribution in [3.05, 3.63) is 0 Å². The van der Waals surface area contributed by atoms with Crippen LogP contribution < -0.4 is 0 Å². The minimum atomic E-state index is -0.659. The standard InChI is InChI=1S/C9H16O2S2/c1-7(9(10)11)3-2-4-8-5-6-12-13-8/h7-8H,2-6H2,1H3,(H,10,11). The van der Waals surface area contributed by atoms with Crippen LogP contribution in [0.3, 0.4) is 0 Å². The Morgan fingerprint density at radius 1 is 1.69 bits per heavy atom. The number of hydrogen-bond donors (Lipinski definition) is 1. The van der Waals surface area contributed by atoms with Crippen molar-refractivity contribution in [2.75, 3.05) is 5.75 Å². The molecule has 1 saturated heterocycles. The number of rotatable bonds is 5. The van der Waals surface area contributed by atoms with E-state index < -0.39 is 5.97 Å². The molecular weight excluding hydrogens is 204 g/mol. The maximum atomic E-state index is 10.5. The van der Waals surface area contributed by atoms with E-state index in [4.69, 9.17) is 5.11 Å². The Morgan fingerprint density at radius 2 is 2.46 bits per heavy atom. The second-order valence-electron chi connectivity index (χ2n) is 3.50. The van der Waals surface area contributed by atoms with Crippen molar-refractivity contribution < 1.29 is 9.90 Å². The third kappa shape index (κ3) is 4.27. The van der Waals surface area contributed by atoms with Gasteiger partial charge < -0.3 is 5.11 Å². The third-order valence-corrected chi connectivity index (χ3v) is 5.32. The van der Waals surface area contributed by atoms with Crippen LogP contribution in [0.5, 0.6) is 0 Å². The largest absolute Gasteiger partial charge is 0.481 e. The highest BCUT2D eigenvalue weighted by Crippen LogP contribution is 2.39. The van der Waals surface area contributed by atoms with E-state index in [0.717, 1.165) is 18.1 Å². The van der Waals surface area contributed by atoms with Gasteiger partial charge in [0.05, 0.1) is 5.92 Å². The first-order valence-corrected chi connectivity index (χ1v) is 7.09. The minimum Gasteiger partial charge on any atom is -0.481 e. The smallest absolute Gasteiger partial charge is 0.306 e. The molecule has 0 aromatic rings. The highest BCUT2D eigenvalue weighted by atomic mass is 33.1. The highest BCUT2D eigenvalue weighted by molar-refractivity contribution is 8.77. The molecule has 0 aromatic heterocycles. The average molecular weight is 220 g/mol. The predicted octanol–water partition coefficient (Wildman–Crippen LogP) is 3.03. The van der Waals surface area contributed by atoms with Crippen LogP contribution in [0.4, 0.5) is 0 Å². The van der Waals surface area contributed by atoms with Gasteiger partial charge in [-0.1, -0.05) is 34.9 Å². The zero-order valence-corrected chi connectivity index (χ0v) is 9.50. The SMILES string of the molecule is CC(CCCC1CCSS1)C(=O)O. The third-order valence-electron chi connectivity index (χ3n) is 2.31. The Labute approximate surface area is 87.3 Å². The first kappa shape index (κ1) is 11.2. The molecule has 2 unspecified atom stereocenters. The summed E-state index contributed by atoms with van der Waals surface area (Å²) in [5.41, 5.74) is 0. The second kappa shape index (κ2) is 5.81. The molecule has 0 radical (unpaired) electrons. The number of carbonyl (C=O) groups is 1. The van der Waals surface area contributed by atoms with Crippen LogP contribution in [-0.4, -0.2) is 22.1 Å². The van der Waals surface area contributed by atoms with Gasteiger partial charge in [-0.25, -0.2) is 0 Å². The van der Waals surface area contributed by atoms with Crippen molar-refractivity contribution in [3.8, 4) is 0 Å². The first-order valence-electron chi connectivity index (χ1n) is 4.71. The zero-order valence-electron chi connectivity index (χ0n) is 7.86. The van der Waals surface area contributed by atoms with Gasteiger partial charge in [0.25, 0.3) is 0 Å². The molecule has 1 aliphatic rings. The fourth-order valence-electron chi connectivity index (χ4n) is 1.34. The lowest BCUT2D eigenvalue weighted by Crippen LogP contribution is -2.10. The molecule has 2 atom stereocenters.